The van der Waals surface area contributed by atoms with Gasteiger partial charge in [-0.1, -0.05) is 18.5 Å². The molecule has 0 heterocycles. The van der Waals surface area contributed by atoms with E-state index in [1.807, 2.05) is 6.92 Å². The van der Waals surface area contributed by atoms with Gasteiger partial charge in [0.05, 0.1) is 22.9 Å². The summed E-state index contributed by atoms with van der Waals surface area (Å²) in [5.41, 5.74) is 7.40. The maximum absolute atomic E-state index is 12.1. The number of benzene rings is 1. The van der Waals surface area contributed by atoms with Crippen molar-refractivity contribution in [1.29, 1.82) is 0 Å². The van der Waals surface area contributed by atoms with Gasteiger partial charge in [0, 0.05) is 18.3 Å². The van der Waals surface area contributed by atoms with Crippen LogP contribution >= 0.6 is 11.6 Å². The van der Waals surface area contributed by atoms with Crippen LogP contribution in [0.2, 0.25) is 5.02 Å². The van der Waals surface area contributed by atoms with Crippen molar-refractivity contribution in [2.24, 2.45) is 0 Å². The Hall–Kier alpha value is -1.42. The Kier molecular flexibility index (Phi) is 6.14. The monoisotopic (exact) mass is 298 g/mol. The highest BCUT2D eigenvalue weighted by atomic mass is 35.5. The second kappa shape index (κ2) is 7.39. The molecule has 0 amide bonds. The molecular weight excluding hydrogens is 276 g/mol. The molecule has 1 rings (SSSR count). The molecule has 1 unspecified atom stereocenters. The molecule has 112 valence electrons. The Labute approximate surface area is 125 Å². The molecule has 2 N–H and O–H groups in total. The SMILES string of the molecule is CCOC(=O)c1cc(N)cc(Cl)c1N(CC)C(C)CC. The summed E-state index contributed by atoms with van der Waals surface area (Å²) in [4.78, 5) is 14.2. The number of esters is 1. The third-order valence-corrected chi connectivity index (χ3v) is 3.62. The van der Waals surface area contributed by atoms with E-state index in [-0.39, 0.29) is 6.04 Å². The van der Waals surface area contributed by atoms with Gasteiger partial charge in [0.2, 0.25) is 0 Å². The molecule has 0 saturated carbocycles. The minimum absolute atomic E-state index is 0.273. The number of hydrogen-bond donors (Lipinski definition) is 1. The molecule has 0 radical (unpaired) electrons. The molecule has 20 heavy (non-hydrogen) atoms. The summed E-state index contributed by atoms with van der Waals surface area (Å²) in [5.74, 6) is -0.390. The van der Waals surface area contributed by atoms with Crippen molar-refractivity contribution in [3.8, 4) is 0 Å². The summed E-state index contributed by atoms with van der Waals surface area (Å²) in [6, 6.07) is 3.57. The van der Waals surface area contributed by atoms with Crippen molar-refractivity contribution < 1.29 is 9.53 Å². The number of nitrogens with zero attached hydrogens (tertiary/aromatic N) is 1. The van der Waals surface area contributed by atoms with Crippen LogP contribution in [-0.4, -0.2) is 25.2 Å². The molecule has 0 saturated heterocycles. The van der Waals surface area contributed by atoms with Gasteiger partial charge in [0.1, 0.15) is 0 Å². The van der Waals surface area contributed by atoms with Crippen molar-refractivity contribution in [3.63, 3.8) is 0 Å². The first-order valence-electron chi connectivity index (χ1n) is 6.98. The lowest BCUT2D eigenvalue weighted by Crippen LogP contribution is -2.34. The van der Waals surface area contributed by atoms with Gasteiger partial charge in [0.15, 0.2) is 0 Å². The fraction of sp³-hybridized carbons (Fsp3) is 0.533. The summed E-state index contributed by atoms with van der Waals surface area (Å²) in [5, 5.41) is 0.482. The van der Waals surface area contributed by atoms with Crippen LogP contribution < -0.4 is 10.6 Å². The molecular formula is C15H23ClN2O2. The van der Waals surface area contributed by atoms with Crippen LogP contribution in [0.5, 0.6) is 0 Å². The van der Waals surface area contributed by atoms with Crippen LogP contribution in [0, 0.1) is 0 Å². The smallest absolute Gasteiger partial charge is 0.340 e. The van der Waals surface area contributed by atoms with Gasteiger partial charge in [-0.3, -0.25) is 0 Å². The van der Waals surface area contributed by atoms with E-state index in [0.717, 1.165) is 13.0 Å². The van der Waals surface area contributed by atoms with Crippen LogP contribution in [0.3, 0.4) is 0 Å². The molecule has 4 nitrogen and oxygen atoms in total. The third-order valence-electron chi connectivity index (χ3n) is 3.33. The highest BCUT2D eigenvalue weighted by Gasteiger charge is 2.23. The van der Waals surface area contributed by atoms with Gasteiger partial charge in [-0.2, -0.15) is 0 Å². The highest BCUT2D eigenvalue weighted by molar-refractivity contribution is 6.34. The van der Waals surface area contributed by atoms with Crippen molar-refractivity contribution in [1.82, 2.24) is 0 Å². The van der Waals surface area contributed by atoms with Crippen molar-refractivity contribution in [2.45, 2.75) is 40.2 Å². The van der Waals surface area contributed by atoms with E-state index in [1.165, 1.54) is 0 Å². The lowest BCUT2D eigenvalue weighted by Gasteiger charge is -2.32. The number of anilines is 2. The predicted molar refractivity (Wildman–Crippen MR) is 84.6 cm³/mol. The lowest BCUT2D eigenvalue weighted by molar-refractivity contribution is 0.0527. The fourth-order valence-electron chi connectivity index (χ4n) is 2.19. The normalized spacial score (nSPS) is 12.1. The maximum atomic E-state index is 12.1. The minimum atomic E-state index is -0.390. The van der Waals surface area contributed by atoms with E-state index in [4.69, 9.17) is 22.1 Å². The largest absolute Gasteiger partial charge is 0.462 e. The first-order chi connectivity index (χ1) is 9.46. The summed E-state index contributed by atoms with van der Waals surface area (Å²) < 4.78 is 5.11. The Morgan fingerprint density at radius 2 is 2.05 bits per heavy atom. The van der Waals surface area contributed by atoms with E-state index in [0.29, 0.717) is 28.6 Å². The fourth-order valence-corrected chi connectivity index (χ4v) is 2.52. The zero-order valence-electron chi connectivity index (χ0n) is 12.6. The molecule has 1 aromatic carbocycles. The molecule has 1 aromatic rings. The summed E-state index contributed by atoms with van der Waals surface area (Å²) in [6.07, 6.45) is 0.955. The summed E-state index contributed by atoms with van der Waals surface area (Å²) >= 11 is 6.32. The number of nitrogens with two attached hydrogens (primary N) is 1. The molecule has 0 aliphatic heterocycles. The Bertz CT molecular complexity index is 477. The van der Waals surface area contributed by atoms with Crippen molar-refractivity contribution >= 4 is 28.9 Å². The first-order valence-corrected chi connectivity index (χ1v) is 7.36. The molecule has 1 atom stereocenters. The number of hydrogen-bond acceptors (Lipinski definition) is 4. The second-order valence-electron chi connectivity index (χ2n) is 4.66. The van der Waals surface area contributed by atoms with Gasteiger partial charge >= 0.3 is 5.97 Å². The van der Waals surface area contributed by atoms with Gasteiger partial charge in [-0.15, -0.1) is 0 Å². The van der Waals surface area contributed by atoms with Gasteiger partial charge in [-0.25, -0.2) is 4.79 Å². The van der Waals surface area contributed by atoms with E-state index < -0.39 is 5.97 Å². The second-order valence-corrected chi connectivity index (χ2v) is 5.07. The Balaban J connectivity index is 3.38. The van der Waals surface area contributed by atoms with E-state index in [1.54, 1.807) is 19.1 Å². The number of halogens is 1. The predicted octanol–water partition coefficient (Wildman–Crippen LogP) is 3.72. The number of rotatable bonds is 6. The summed E-state index contributed by atoms with van der Waals surface area (Å²) in [7, 11) is 0. The zero-order chi connectivity index (χ0) is 15.3. The number of carbonyl (C=O) groups excluding carboxylic acids is 1. The van der Waals surface area contributed by atoms with E-state index in [2.05, 4.69) is 18.7 Å². The lowest BCUT2D eigenvalue weighted by atomic mass is 10.1. The Morgan fingerprint density at radius 3 is 2.55 bits per heavy atom. The molecule has 0 fully saturated rings. The number of carbonyl (C=O) groups is 1. The average molecular weight is 299 g/mol. The minimum Gasteiger partial charge on any atom is -0.462 e. The molecule has 0 bridgehead atoms. The first kappa shape index (κ1) is 16.6. The van der Waals surface area contributed by atoms with Crippen molar-refractivity contribution in [3.05, 3.63) is 22.7 Å². The molecule has 0 aliphatic carbocycles. The van der Waals surface area contributed by atoms with E-state index in [9.17, 15) is 4.79 Å². The number of ether oxygens (including phenoxy) is 1. The third kappa shape index (κ3) is 3.57. The zero-order valence-corrected chi connectivity index (χ0v) is 13.3. The number of nitrogen functional groups attached to an aromatic ring is 1. The van der Waals surface area contributed by atoms with Crippen LogP contribution in [0.25, 0.3) is 0 Å². The van der Waals surface area contributed by atoms with Gasteiger partial charge < -0.3 is 15.4 Å². The maximum Gasteiger partial charge on any atom is 0.340 e. The van der Waals surface area contributed by atoms with Crippen LogP contribution in [0.4, 0.5) is 11.4 Å². The topological polar surface area (TPSA) is 55.6 Å². The van der Waals surface area contributed by atoms with Gasteiger partial charge in [0.25, 0.3) is 0 Å². The summed E-state index contributed by atoms with van der Waals surface area (Å²) in [6.45, 7) is 9.09. The average Bonchev–Trinajstić information content (AvgIpc) is 2.41. The van der Waals surface area contributed by atoms with Gasteiger partial charge in [-0.05, 0) is 39.3 Å². The molecule has 5 heteroatoms. The standard InChI is InChI=1S/C15H23ClN2O2/c1-5-10(4)18(6-2)14-12(15(19)20-7-3)8-11(17)9-13(14)16/h8-10H,5-7,17H2,1-4H3. The van der Waals surface area contributed by atoms with Crippen molar-refractivity contribution in [2.75, 3.05) is 23.8 Å². The quantitative estimate of drug-likeness (QED) is 0.642. The van der Waals surface area contributed by atoms with Crippen LogP contribution in [0.1, 0.15) is 44.5 Å². The molecule has 0 aliphatic rings. The highest BCUT2D eigenvalue weighted by Crippen LogP contribution is 2.34. The Morgan fingerprint density at radius 1 is 1.40 bits per heavy atom. The molecule has 0 spiro atoms. The van der Waals surface area contributed by atoms with Crippen LogP contribution in [0.15, 0.2) is 12.1 Å². The molecule has 0 aromatic heterocycles. The van der Waals surface area contributed by atoms with Crippen LogP contribution in [-0.2, 0) is 4.74 Å². The van der Waals surface area contributed by atoms with E-state index >= 15 is 0 Å².